The molecule has 0 N–H and O–H groups in total. The van der Waals surface area contributed by atoms with Gasteiger partial charge in [-0.05, 0) is 167 Å². The largest absolute Gasteiger partial charge is 0.310 e. The molecule has 2 aromatic heterocycles. The third-order valence-corrected chi connectivity index (χ3v) is 23.3. The summed E-state index contributed by atoms with van der Waals surface area (Å²) < 4.78 is 6.49. The minimum Gasteiger partial charge on any atom is -0.310 e. The van der Waals surface area contributed by atoms with Crippen LogP contribution < -0.4 is 4.90 Å². The maximum atomic E-state index is 3.51. The average molecular weight is 1360 g/mol. The van der Waals surface area contributed by atoms with E-state index < -0.39 is 5.41 Å². The second kappa shape index (κ2) is 25.3. The Bertz CT molecular complexity index is 5960. The molecule has 2 aliphatic rings. The summed E-state index contributed by atoms with van der Waals surface area (Å²) >= 11 is 7.22. The Morgan fingerprint density at radius 2 is 0.657 bits per heavy atom. The standard InChI is InChI=1S/C47H31NS.C36H26.C12H7BrS/c1-3-16-33(17-4-1)47(34-18-5-2-6-19-34)42-23-11-9-21-38(42)39-28-26-36(31-43(39)47)48(44-24-13-15-32-14-7-8-20-37(32)44)35-27-29-46-41(30-35)40-22-10-12-25-45(40)49-46;1-3-15-29(16-4-1)36(30-17-5-2-6-18-30)34-21-10-9-20-32(34)33-23-22-26(25-35(33)36)24-28-14-11-13-27-12-7-8-19-31(27)28;13-8-5-6-12-10(7-8)9-3-1-2-4-11(9)14-12/h1-31H;1-23,25H,24H2;1-7H. The monoisotopic (exact) mass is 1360 g/mol. The predicted molar refractivity (Wildman–Crippen MR) is 426 cm³/mol. The highest BCUT2D eigenvalue weighted by Gasteiger charge is 2.48. The van der Waals surface area contributed by atoms with Crippen LogP contribution in [-0.2, 0) is 17.3 Å². The number of anilines is 3. The van der Waals surface area contributed by atoms with E-state index in [1.807, 2.05) is 22.7 Å². The summed E-state index contributed by atoms with van der Waals surface area (Å²) in [5.41, 5.74) is 21.1. The molecule has 0 amide bonds. The van der Waals surface area contributed by atoms with Crippen LogP contribution in [-0.4, -0.2) is 0 Å². The molecule has 2 heterocycles. The lowest BCUT2D eigenvalue weighted by atomic mass is 9.67. The minimum absolute atomic E-state index is 0.344. The van der Waals surface area contributed by atoms with Crippen LogP contribution in [0.3, 0.4) is 0 Å². The molecular weight excluding hydrogens is 1300 g/mol. The molecule has 0 spiro atoms. The van der Waals surface area contributed by atoms with E-state index in [0.29, 0.717) is 0 Å². The van der Waals surface area contributed by atoms with E-state index in [0.717, 1.165) is 28.0 Å². The first-order valence-corrected chi connectivity index (χ1v) is 36.4. The van der Waals surface area contributed by atoms with Crippen LogP contribution in [0.4, 0.5) is 17.1 Å². The van der Waals surface area contributed by atoms with Crippen molar-refractivity contribution in [1.29, 1.82) is 0 Å². The number of benzene rings is 16. The lowest BCUT2D eigenvalue weighted by Gasteiger charge is -2.35. The van der Waals surface area contributed by atoms with Gasteiger partial charge >= 0.3 is 0 Å². The fourth-order valence-corrected chi connectivity index (χ4v) is 18.8. The first-order chi connectivity index (χ1) is 49.0. The molecule has 0 atom stereocenters. The molecule has 2 aliphatic carbocycles. The van der Waals surface area contributed by atoms with Gasteiger partial charge in [0.05, 0.1) is 16.5 Å². The molecule has 468 valence electrons. The predicted octanol–water partition coefficient (Wildman–Crippen LogP) is 26.7. The van der Waals surface area contributed by atoms with Gasteiger partial charge in [0.1, 0.15) is 0 Å². The topological polar surface area (TPSA) is 3.24 Å². The van der Waals surface area contributed by atoms with Gasteiger partial charge in [0.15, 0.2) is 0 Å². The van der Waals surface area contributed by atoms with E-state index in [-0.39, 0.29) is 5.41 Å². The third kappa shape index (κ3) is 10.2. The molecule has 0 unspecified atom stereocenters. The van der Waals surface area contributed by atoms with Crippen LogP contribution in [0.25, 0.3) is 84.1 Å². The van der Waals surface area contributed by atoms with Gasteiger partial charge in [-0.15, -0.1) is 22.7 Å². The quantitative estimate of drug-likeness (QED) is 0.139. The highest BCUT2D eigenvalue weighted by Crippen LogP contribution is 2.59. The first kappa shape index (κ1) is 60.2. The van der Waals surface area contributed by atoms with Gasteiger partial charge in [0, 0.05) is 61.6 Å². The fraction of sp³-hybridized carbons (Fsp3) is 0.0316. The Hall–Kier alpha value is -11.2. The van der Waals surface area contributed by atoms with E-state index in [1.165, 1.54) is 140 Å². The molecule has 20 rings (SSSR count). The smallest absolute Gasteiger partial charge is 0.0714 e. The molecule has 1 nitrogen and oxygen atoms in total. The lowest BCUT2D eigenvalue weighted by molar-refractivity contribution is 0.767. The first-order valence-electron chi connectivity index (χ1n) is 33.9. The maximum absolute atomic E-state index is 3.51. The van der Waals surface area contributed by atoms with Crippen molar-refractivity contribution < 1.29 is 0 Å². The van der Waals surface area contributed by atoms with Crippen molar-refractivity contribution >= 4 is 118 Å². The van der Waals surface area contributed by atoms with Gasteiger partial charge < -0.3 is 4.90 Å². The van der Waals surface area contributed by atoms with Gasteiger partial charge in [0.2, 0.25) is 0 Å². The second-order valence-corrected chi connectivity index (χ2v) is 28.9. The normalized spacial score (nSPS) is 12.9. The number of halogens is 1. The molecular formula is C95H64BrNS2. The van der Waals surface area contributed by atoms with E-state index >= 15 is 0 Å². The van der Waals surface area contributed by atoms with Gasteiger partial charge in [0.25, 0.3) is 0 Å². The Morgan fingerprint density at radius 1 is 0.263 bits per heavy atom. The van der Waals surface area contributed by atoms with Gasteiger partial charge in [-0.2, -0.15) is 0 Å². The lowest BCUT2D eigenvalue weighted by Crippen LogP contribution is -2.28. The van der Waals surface area contributed by atoms with Crippen molar-refractivity contribution in [2.75, 3.05) is 4.90 Å². The SMILES string of the molecule is Brc1ccc2sc3ccccc3c2c1.c1ccc(C2(c3ccccc3)c3ccccc3-c3ccc(Cc4cccc5ccccc45)cc32)cc1.c1ccc(C2(c3ccccc3)c3ccccc3-c3ccc(N(c4ccc5sc6ccccc6c5c4)c4cccc5ccccc45)cc32)cc1. The van der Waals surface area contributed by atoms with Crippen molar-refractivity contribution in [3.8, 4) is 22.3 Å². The zero-order valence-electron chi connectivity index (χ0n) is 54.1. The second-order valence-electron chi connectivity index (χ2n) is 25.8. The van der Waals surface area contributed by atoms with E-state index in [4.69, 9.17) is 0 Å². The summed E-state index contributed by atoms with van der Waals surface area (Å²) in [5.74, 6) is 0. The van der Waals surface area contributed by atoms with Gasteiger partial charge in [-0.25, -0.2) is 0 Å². The molecule has 18 aromatic rings. The number of hydrogen-bond acceptors (Lipinski definition) is 3. The fourth-order valence-electron chi connectivity index (χ4n) is 16.2. The van der Waals surface area contributed by atoms with Crippen molar-refractivity contribution in [2.24, 2.45) is 0 Å². The van der Waals surface area contributed by atoms with Crippen molar-refractivity contribution in [3.63, 3.8) is 0 Å². The number of fused-ring (bicyclic) bond motifs is 14. The number of hydrogen-bond donors (Lipinski definition) is 0. The molecule has 0 saturated carbocycles. The van der Waals surface area contributed by atoms with Crippen LogP contribution >= 0.6 is 38.6 Å². The molecule has 0 aliphatic heterocycles. The average Bonchev–Trinajstić information content (AvgIpc) is 1.56. The van der Waals surface area contributed by atoms with E-state index in [1.54, 1.807) is 0 Å². The molecule has 0 bridgehead atoms. The summed E-state index contributed by atoms with van der Waals surface area (Å²) in [5, 5.41) is 10.4. The van der Waals surface area contributed by atoms with Crippen molar-refractivity contribution in [3.05, 3.63) is 436 Å². The number of thiophene rings is 2. The Labute approximate surface area is 593 Å². The summed E-state index contributed by atoms with van der Waals surface area (Å²) in [6, 6.07) is 138. The molecule has 16 aromatic carbocycles. The van der Waals surface area contributed by atoms with Crippen molar-refractivity contribution in [2.45, 2.75) is 17.3 Å². The van der Waals surface area contributed by atoms with Gasteiger partial charge in [-0.3, -0.25) is 0 Å². The third-order valence-electron chi connectivity index (χ3n) is 20.5. The summed E-state index contributed by atoms with van der Waals surface area (Å²) in [6.45, 7) is 0. The van der Waals surface area contributed by atoms with Crippen LogP contribution in [0.15, 0.2) is 381 Å². The van der Waals surface area contributed by atoms with Crippen molar-refractivity contribution in [1.82, 2.24) is 0 Å². The Balaban J connectivity index is 0.000000123. The van der Waals surface area contributed by atoms with Crippen LogP contribution in [0.5, 0.6) is 0 Å². The Morgan fingerprint density at radius 3 is 1.23 bits per heavy atom. The summed E-state index contributed by atoms with van der Waals surface area (Å²) in [4.78, 5) is 2.47. The molecule has 99 heavy (non-hydrogen) atoms. The highest BCUT2D eigenvalue weighted by atomic mass is 79.9. The number of nitrogens with zero attached hydrogens (tertiary/aromatic N) is 1. The maximum Gasteiger partial charge on any atom is 0.0714 e. The van der Waals surface area contributed by atoms with Crippen LogP contribution in [0.2, 0.25) is 0 Å². The minimum atomic E-state index is -0.470. The van der Waals surface area contributed by atoms with E-state index in [2.05, 4.69) is 397 Å². The van der Waals surface area contributed by atoms with Crippen LogP contribution in [0.1, 0.15) is 55.6 Å². The Kier molecular flexibility index (Phi) is 15.4. The molecule has 0 radical (unpaired) electrons. The van der Waals surface area contributed by atoms with E-state index in [9.17, 15) is 0 Å². The highest BCUT2D eigenvalue weighted by molar-refractivity contribution is 9.10. The molecule has 4 heteroatoms. The summed E-state index contributed by atoms with van der Waals surface area (Å²) in [7, 11) is 0. The van der Waals surface area contributed by atoms with Crippen LogP contribution in [0, 0.1) is 0 Å². The zero-order valence-corrected chi connectivity index (χ0v) is 57.4. The number of rotatable bonds is 9. The summed E-state index contributed by atoms with van der Waals surface area (Å²) in [6.07, 6.45) is 0.907. The zero-order chi connectivity index (χ0) is 65.9. The molecule has 0 saturated heterocycles. The van der Waals surface area contributed by atoms with Gasteiger partial charge in [-0.1, -0.05) is 325 Å². The molecule has 0 fully saturated rings.